The number of hydrogen-bond donors (Lipinski definition) is 2. The van der Waals surface area contributed by atoms with E-state index in [1.165, 1.54) is 0 Å². The predicted octanol–water partition coefficient (Wildman–Crippen LogP) is 0.683. The Morgan fingerprint density at radius 3 is 3.10 bits per heavy atom. The first kappa shape index (κ1) is 8.37. The molecule has 1 fully saturated rings. The molecule has 0 bridgehead atoms. The maximum absolute atomic E-state index is 5.29. The minimum atomic E-state index is 0.471. The zero-order valence-electron chi connectivity index (χ0n) is 6.34. The summed E-state index contributed by atoms with van der Waals surface area (Å²) in [6, 6.07) is 0.529. The van der Waals surface area contributed by atoms with Crippen molar-refractivity contribution in [2.45, 2.75) is 24.6 Å². The highest BCUT2D eigenvalue weighted by Gasteiger charge is 2.13. The standard InChI is InChI=1S/C7H15NOS/c1-6(10)4-7-5-9-3-2-8-7/h6-8,10H,2-5H2,1H3/t6-,7?/m0/s1. The molecule has 1 aliphatic heterocycles. The number of hydrogen-bond acceptors (Lipinski definition) is 3. The molecule has 0 aromatic carbocycles. The van der Waals surface area contributed by atoms with Crippen LogP contribution in [0.15, 0.2) is 0 Å². The Morgan fingerprint density at radius 2 is 2.60 bits per heavy atom. The molecule has 10 heavy (non-hydrogen) atoms. The van der Waals surface area contributed by atoms with Gasteiger partial charge in [-0.25, -0.2) is 0 Å². The molecule has 60 valence electrons. The smallest absolute Gasteiger partial charge is 0.0620 e. The molecule has 1 aliphatic rings. The molecule has 1 unspecified atom stereocenters. The van der Waals surface area contributed by atoms with Gasteiger partial charge in [0.1, 0.15) is 0 Å². The largest absolute Gasteiger partial charge is 0.379 e. The van der Waals surface area contributed by atoms with Crippen molar-refractivity contribution in [2.75, 3.05) is 19.8 Å². The van der Waals surface area contributed by atoms with Gasteiger partial charge in [-0.15, -0.1) is 0 Å². The van der Waals surface area contributed by atoms with E-state index in [1.807, 2.05) is 0 Å². The molecule has 1 saturated heterocycles. The lowest BCUT2D eigenvalue weighted by molar-refractivity contribution is 0.0745. The van der Waals surface area contributed by atoms with E-state index >= 15 is 0 Å². The maximum Gasteiger partial charge on any atom is 0.0620 e. The summed E-state index contributed by atoms with van der Waals surface area (Å²) < 4.78 is 5.29. The molecular weight excluding hydrogens is 146 g/mol. The van der Waals surface area contributed by atoms with Crippen LogP contribution >= 0.6 is 12.6 Å². The van der Waals surface area contributed by atoms with Crippen LogP contribution in [0.2, 0.25) is 0 Å². The first-order chi connectivity index (χ1) is 4.79. The van der Waals surface area contributed by atoms with E-state index in [4.69, 9.17) is 4.74 Å². The van der Waals surface area contributed by atoms with Gasteiger partial charge in [0.05, 0.1) is 13.2 Å². The van der Waals surface area contributed by atoms with Crippen LogP contribution < -0.4 is 5.32 Å². The SMILES string of the molecule is C[C@H](S)CC1COCCN1. The minimum absolute atomic E-state index is 0.471. The second-order valence-electron chi connectivity index (χ2n) is 2.81. The van der Waals surface area contributed by atoms with Crippen LogP contribution in [0.4, 0.5) is 0 Å². The summed E-state index contributed by atoms with van der Waals surface area (Å²) in [7, 11) is 0. The van der Waals surface area contributed by atoms with E-state index in [0.717, 1.165) is 26.2 Å². The summed E-state index contributed by atoms with van der Waals surface area (Å²) >= 11 is 4.31. The normalized spacial score (nSPS) is 30.0. The lowest BCUT2D eigenvalue weighted by atomic mass is 10.1. The molecule has 0 aromatic rings. The van der Waals surface area contributed by atoms with Crippen molar-refractivity contribution in [2.24, 2.45) is 0 Å². The van der Waals surface area contributed by atoms with Crippen molar-refractivity contribution in [3.63, 3.8) is 0 Å². The van der Waals surface area contributed by atoms with E-state index in [1.54, 1.807) is 0 Å². The molecule has 0 radical (unpaired) electrons. The van der Waals surface area contributed by atoms with E-state index < -0.39 is 0 Å². The van der Waals surface area contributed by atoms with Gasteiger partial charge in [-0.3, -0.25) is 0 Å². The number of rotatable bonds is 2. The fraction of sp³-hybridized carbons (Fsp3) is 1.00. The average Bonchev–Trinajstić information content (AvgIpc) is 1.88. The Kier molecular flexibility index (Phi) is 3.52. The molecule has 0 spiro atoms. The summed E-state index contributed by atoms with van der Waals surface area (Å²) in [6.45, 7) is 4.81. The van der Waals surface area contributed by atoms with E-state index in [0.29, 0.717) is 11.3 Å². The fourth-order valence-electron chi connectivity index (χ4n) is 1.18. The summed E-state index contributed by atoms with van der Waals surface area (Å²) in [5.74, 6) is 0. The molecule has 1 N–H and O–H groups in total. The molecular formula is C7H15NOS. The molecule has 2 nitrogen and oxygen atoms in total. The average molecular weight is 161 g/mol. The third-order valence-electron chi connectivity index (χ3n) is 1.62. The molecule has 0 aromatic heterocycles. The first-order valence-corrected chi connectivity index (χ1v) is 4.30. The van der Waals surface area contributed by atoms with Gasteiger partial charge in [0, 0.05) is 17.8 Å². The van der Waals surface area contributed by atoms with Crippen LogP contribution in [0.5, 0.6) is 0 Å². The molecule has 0 amide bonds. The van der Waals surface area contributed by atoms with E-state index in [-0.39, 0.29) is 0 Å². The van der Waals surface area contributed by atoms with E-state index in [9.17, 15) is 0 Å². The molecule has 0 aliphatic carbocycles. The summed E-state index contributed by atoms with van der Waals surface area (Å²) in [4.78, 5) is 0. The van der Waals surface area contributed by atoms with Crippen molar-refractivity contribution in [1.82, 2.24) is 5.32 Å². The predicted molar refractivity (Wildman–Crippen MR) is 45.7 cm³/mol. The molecule has 2 atom stereocenters. The summed E-state index contributed by atoms with van der Waals surface area (Å²) in [5, 5.41) is 3.85. The van der Waals surface area contributed by atoms with Crippen LogP contribution in [0.1, 0.15) is 13.3 Å². The minimum Gasteiger partial charge on any atom is -0.379 e. The zero-order chi connectivity index (χ0) is 7.40. The summed E-state index contributed by atoms with van der Waals surface area (Å²) in [6.07, 6.45) is 1.10. The van der Waals surface area contributed by atoms with Gasteiger partial charge >= 0.3 is 0 Å². The van der Waals surface area contributed by atoms with Crippen molar-refractivity contribution in [3.05, 3.63) is 0 Å². The van der Waals surface area contributed by atoms with Crippen LogP contribution in [-0.4, -0.2) is 31.1 Å². The highest BCUT2D eigenvalue weighted by molar-refractivity contribution is 7.80. The number of ether oxygens (including phenoxy) is 1. The van der Waals surface area contributed by atoms with Gasteiger partial charge in [0.15, 0.2) is 0 Å². The highest BCUT2D eigenvalue weighted by atomic mass is 32.1. The van der Waals surface area contributed by atoms with Gasteiger partial charge in [0.2, 0.25) is 0 Å². The Hall–Kier alpha value is 0.270. The number of nitrogens with one attached hydrogen (secondary N) is 1. The maximum atomic E-state index is 5.29. The van der Waals surface area contributed by atoms with Crippen molar-refractivity contribution < 1.29 is 4.74 Å². The molecule has 1 rings (SSSR count). The third-order valence-corrected chi connectivity index (χ3v) is 1.83. The van der Waals surface area contributed by atoms with Gasteiger partial charge < -0.3 is 10.1 Å². The Morgan fingerprint density at radius 1 is 1.80 bits per heavy atom. The zero-order valence-corrected chi connectivity index (χ0v) is 7.23. The quantitative estimate of drug-likeness (QED) is 0.581. The Bertz CT molecular complexity index is 91.6. The second kappa shape index (κ2) is 4.21. The van der Waals surface area contributed by atoms with Crippen LogP contribution in [-0.2, 0) is 4.74 Å². The topological polar surface area (TPSA) is 21.3 Å². The lowest BCUT2D eigenvalue weighted by Crippen LogP contribution is -2.42. The fourth-order valence-corrected chi connectivity index (χ4v) is 1.44. The first-order valence-electron chi connectivity index (χ1n) is 3.78. The van der Waals surface area contributed by atoms with Gasteiger partial charge in [-0.05, 0) is 6.42 Å². The number of morpholine rings is 1. The van der Waals surface area contributed by atoms with Crippen molar-refractivity contribution in [1.29, 1.82) is 0 Å². The van der Waals surface area contributed by atoms with Crippen LogP contribution in [0.25, 0.3) is 0 Å². The van der Waals surface area contributed by atoms with Crippen molar-refractivity contribution >= 4 is 12.6 Å². The highest BCUT2D eigenvalue weighted by Crippen LogP contribution is 2.06. The van der Waals surface area contributed by atoms with Crippen LogP contribution in [0, 0.1) is 0 Å². The molecule has 0 saturated carbocycles. The Labute approximate surface area is 67.7 Å². The van der Waals surface area contributed by atoms with E-state index in [2.05, 4.69) is 24.9 Å². The molecule has 1 heterocycles. The monoisotopic (exact) mass is 161 g/mol. The lowest BCUT2D eigenvalue weighted by Gasteiger charge is -2.24. The van der Waals surface area contributed by atoms with Crippen LogP contribution in [0.3, 0.4) is 0 Å². The van der Waals surface area contributed by atoms with Gasteiger partial charge in [0.25, 0.3) is 0 Å². The van der Waals surface area contributed by atoms with Gasteiger partial charge in [-0.1, -0.05) is 6.92 Å². The number of thiol groups is 1. The summed E-state index contributed by atoms with van der Waals surface area (Å²) in [5.41, 5.74) is 0. The Balaban J connectivity index is 2.13. The molecule has 3 heteroatoms. The van der Waals surface area contributed by atoms with Crippen molar-refractivity contribution in [3.8, 4) is 0 Å². The second-order valence-corrected chi connectivity index (χ2v) is 3.69. The third kappa shape index (κ3) is 2.90. The van der Waals surface area contributed by atoms with Gasteiger partial charge in [-0.2, -0.15) is 12.6 Å².